The summed E-state index contributed by atoms with van der Waals surface area (Å²) in [6.07, 6.45) is -3.86. The SMILES string of the molecule is O=C(Nc1ccc(C(F)(F)F)cc1)N1CCCN(C(=O)Nc2cccc(Cl)c2)CC1. The first kappa shape index (κ1) is 21.8. The second-order valence-electron chi connectivity index (χ2n) is 6.77. The Morgan fingerprint density at radius 2 is 1.40 bits per heavy atom. The molecule has 160 valence electrons. The Morgan fingerprint density at radius 1 is 0.833 bits per heavy atom. The second kappa shape index (κ2) is 9.25. The van der Waals surface area contributed by atoms with Crippen molar-refractivity contribution < 1.29 is 22.8 Å². The lowest BCUT2D eigenvalue weighted by atomic mass is 10.2. The van der Waals surface area contributed by atoms with Crippen molar-refractivity contribution in [3.63, 3.8) is 0 Å². The number of carbonyl (C=O) groups excluding carboxylic acids is 2. The minimum absolute atomic E-state index is 0.271. The summed E-state index contributed by atoms with van der Waals surface area (Å²) in [5, 5.41) is 5.88. The van der Waals surface area contributed by atoms with Crippen molar-refractivity contribution in [2.24, 2.45) is 0 Å². The number of nitrogens with one attached hydrogen (secondary N) is 2. The zero-order valence-corrected chi connectivity index (χ0v) is 16.6. The molecule has 1 heterocycles. The highest BCUT2D eigenvalue weighted by Crippen LogP contribution is 2.29. The number of hydrogen-bond donors (Lipinski definition) is 2. The van der Waals surface area contributed by atoms with Crippen LogP contribution in [0.25, 0.3) is 0 Å². The maximum Gasteiger partial charge on any atom is 0.416 e. The number of urea groups is 2. The normalized spacial score (nSPS) is 14.8. The van der Waals surface area contributed by atoms with E-state index in [-0.39, 0.29) is 11.7 Å². The summed E-state index contributed by atoms with van der Waals surface area (Å²) in [6.45, 7) is 1.52. The van der Waals surface area contributed by atoms with E-state index in [1.54, 1.807) is 29.2 Å². The van der Waals surface area contributed by atoms with Gasteiger partial charge in [0.15, 0.2) is 0 Å². The zero-order valence-electron chi connectivity index (χ0n) is 15.9. The number of carbonyl (C=O) groups is 2. The Morgan fingerprint density at radius 3 is 1.93 bits per heavy atom. The van der Waals surface area contributed by atoms with Gasteiger partial charge in [0.2, 0.25) is 0 Å². The third-order valence-corrected chi connectivity index (χ3v) is 4.84. The van der Waals surface area contributed by atoms with Gasteiger partial charge < -0.3 is 20.4 Å². The fraction of sp³-hybridized carbons (Fsp3) is 0.300. The highest BCUT2D eigenvalue weighted by Gasteiger charge is 2.30. The Bertz CT molecular complexity index is 906. The molecule has 3 rings (SSSR count). The van der Waals surface area contributed by atoms with Gasteiger partial charge in [-0.05, 0) is 48.9 Å². The predicted molar refractivity (Wildman–Crippen MR) is 109 cm³/mol. The monoisotopic (exact) mass is 440 g/mol. The minimum Gasteiger partial charge on any atom is -0.323 e. The molecular weight excluding hydrogens is 421 g/mol. The van der Waals surface area contributed by atoms with E-state index in [1.165, 1.54) is 17.0 Å². The summed E-state index contributed by atoms with van der Waals surface area (Å²) in [4.78, 5) is 28.1. The molecule has 4 amide bonds. The number of halogens is 4. The lowest BCUT2D eigenvalue weighted by Gasteiger charge is -2.23. The molecule has 1 aliphatic rings. The van der Waals surface area contributed by atoms with Crippen LogP contribution in [0.4, 0.5) is 34.1 Å². The van der Waals surface area contributed by atoms with Gasteiger partial charge in [-0.25, -0.2) is 9.59 Å². The molecule has 2 aromatic carbocycles. The quantitative estimate of drug-likeness (QED) is 0.680. The number of alkyl halides is 3. The molecule has 1 fully saturated rings. The number of nitrogens with zero attached hydrogens (tertiary/aromatic N) is 2. The van der Waals surface area contributed by atoms with Crippen molar-refractivity contribution in [3.8, 4) is 0 Å². The molecule has 6 nitrogen and oxygen atoms in total. The Balaban J connectivity index is 1.54. The fourth-order valence-corrected chi connectivity index (χ4v) is 3.23. The van der Waals surface area contributed by atoms with Crippen LogP contribution in [-0.4, -0.2) is 48.0 Å². The van der Waals surface area contributed by atoms with E-state index < -0.39 is 17.8 Å². The summed E-state index contributed by atoms with van der Waals surface area (Å²) in [7, 11) is 0. The number of anilines is 2. The number of rotatable bonds is 2. The number of amides is 4. The second-order valence-corrected chi connectivity index (χ2v) is 7.21. The first-order valence-corrected chi connectivity index (χ1v) is 9.65. The van der Waals surface area contributed by atoms with Crippen molar-refractivity contribution in [3.05, 3.63) is 59.1 Å². The van der Waals surface area contributed by atoms with Crippen LogP contribution in [0.1, 0.15) is 12.0 Å². The fourth-order valence-electron chi connectivity index (χ4n) is 3.04. The molecule has 2 aromatic rings. The van der Waals surface area contributed by atoms with Gasteiger partial charge in [-0.2, -0.15) is 13.2 Å². The molecule has 0 atom stereocenters. The molecule has 0 aliphatic carbocycles. The predicted octanol–water partition coefficient (Wildman–Crippen LogP) is 5.13. The van der Waals surface area contributed by atoms with Crippen LogP contribution < -0.4 is 10.6 Å². The van der Waals surface area contributed by atoms with Gasteiger partial charge in [-0.15, -0.1) is 0 Å². The molecule has 0 unspecified atom stereocenters. The van der Waals surface area contributed by atoms with E-state index in [2.05, 4.69) is 10.6 Å². The van der Waals surface area contributed by atoms with Crippen LogP contribution >= 0.6 is 11.6 Å². The molecule has 0 radical (unpaired) electrons. The summed E-state index contributed by atoms with van der Waals surface area (Å²) in [5.74, 6) is 0. The van der Waals surface area contributed by atoms with E-state index >= 15 is 0 Å². The summed E-state index contributed by atoms with van der Waals surface area (Å²) in [6, 6.07) is 10.3. The van der Waals surface area contributed by atoms with E-state index in [4.69, 9.17) is 11.6 Å². The van der Waals surface area contributed by atoms with Gasteiger partial charge in [0, 0.05) is 42.6 Å². The van der Waals surface area contributed by atoms with Gasteiger partial charge >= 0.3 is 18.2 Å². The Kier molecular flexibility index (Phi) is 6.71. The topological polar surface area (TPSA) is 64.7 Å². The smallest absolute Gasteiger partial charge is 0.323 e. The molecule has 30 heavy (non-hydrogen) atoms. The lowest BCUT2D eigenvalue weighted by Crippen LogP contribution is -2.40. The zero-order chi connectivity index (χ0) is 21.7. The molecule has 0 spiro atoms. The Labute approximate surface area is 176 Å². The molecule has 0 bridgehead atoms. The van der Waals surface area contributed by atoms with Crippen LogP contribution in [0.15, 0.2) is 48.5 Å². The number of benzene rings is 2. The van der Waals surface area contributed by atoms with Gasteiger partial charge in [-0.3, -0.25) is 0 Å². The van der Waals surface area contributed by atoms with Crippen molar-refractivity contribution in [1.29, 1.82) is 0 Å². The van der Waals surface area contributed by atoms with E-state index in [0.717, 1.165) is 12.1 Å². The van der Waals surface area contributed by atoms with E-state index in [1.807, 2.05) is 0 Å². The van der Waals surface area contributed by atoms with Crippen LogP contribution in [0.2, 0.25) is 5.02 Å². The first-order chi connectivity index (χ1) is 14.2. The van der Waals surface area contributed by atoms with Crippen molar-refractivity contribution >= 4 is 35.0 Å². The van der Waals surface area contributed by atoms with Crippen LogP contribution in [0, 0.1) is 0 Å². The van der Waals surface area contributed by atoms with Gasteiger partial charge in [-0.1, -0.05) is 17.7 Å². The van der Waals surface area contributed by atoms with Crippen LogP contribution in [0.5, 0.6) is 0 Å². The molecule has 0 saturated carbocycles. The molecular formula is C20H20ClF3N4O2. The van der Waals surface area contributed by atoms with Crippen LogP contribution in [-0.2, 0) is 6.18 Å². The molecule has 2 N–H and O–H groups in total. The Hall–Kier alpha value is -2.94. The van der Waals surface area contributed by atoms with Crippen LogP contribution in [0.3, 0.4) is 0 Å². The van der Waals surface area contributed by atoms with Gasteiger partial charge in [0.05, 0.1) is 5.56 Å². The van der Waals surface area contributed by atoms with Gasteiger partial charge in [0.25, 0.3) is 0 Å². The molecule has 0 aromatic heterocycles. The molecule has 1 saturated heterocycles. The summed E-state index contributed by atoms with van der Waals surface area (Å²) < 4.78 is 37.9. The minimum atomic E-state index is -4.43. The van der Waals surface area contributed by atoms with E-state index in [9.17, 15) is 22.8 Å². The van der Waals surface area contributed by atoms with Crippen molar-refractivity contribution in [2.45, 2.75) is 12.6 Å². The number of hydrogen-bond acceptors (Lipinski definition) is 2. The third-order valence-electron chi connectivity index (χ3n) is 4.61. The maximum atomic E-state index is 12.6. The highest BCUT2D eigenvalue weighted by atomic mass is 35.5. The lowest BCUT2D eigenvalue weighted by molar-refractivity contribution is -0.137. The largest absolute Gasteiger partial charge is 0.416 e. The van der Waals surface area contributed by atoms with Crippen molar-refractivity contribution in [1.82, 2.24) is 9.80 Å². The maximum absolute atomic E-state index is 12.6. The van der Waals surface area contributed by atoms with Gasteiger partial charge in [0.1, 0.15) is 0 Å². The van der Waals surface area contributed by atoms with E-state index in [0.29, 0.717) is 43.3 Å². The average molecular weight is 441 g/mol. The first-order valence-electron chi connectivity index (χ1n) is 9.27. The molecule has 1 aliphatic heterocycles. The average Bonchev–Trinajstić information content (AvgIpc) is 2.94. The van der Waals surface area contributed by atoms with Crippen molar-refractivity contribution in [2.75, 3.05) is 36.8 Å². The molecule has 10 heteroatoms. The third kappa shape index (κ3) is 5.79. The summed E-state index contributed by atoms with van der Waals surface area (Å²) >= 11 is 5.92. The highest BCUT2D eigenvalue weighted by molar-refractivity contribution is 6.30. The summed E-state index contributed by atoms with van der Waals surface area (Å²) in [5.41, 5.74) is 0.0677. The standard InChI is InChI=1S/C20H20ClF3N4O2/c21-15-3-1-4-17(13-15)26-19(30)28-10-2-9-27(11-12-28)18(29)25-16-7-5-14(6-8-16)20(22,23)24/h1,3-8,13H,2,9-12H2,(H,25,29)(H,26,30).